The molecule has 1 aliphatic rings. The number of aryl methyl sites for hydroxylation is 1. The highest BCUT2D eigenvalue weighted by Gasteiger charge is 2.38. The number of benzene rings is 1. The largest absolute Gasteiger partial charge is 0.378 e. The van der Waals surface area contributed by atoms with Gasteiger partial charge in [0.2, 0.25) is 0 Å². The highest BCUT2D eigenvalue weighted by molar-refractivity contribution is 5.49. The van der Waals surface area contributed by atoms with Gasteiger partial charge in [-0.15, -0.1) is 0 Å². The smallest absolute Gasteiger partial charge is 0.130 e. The van der Waals surface area contributed by atoms with Crippen molar-refractivity contribution in [3.63, 3.8) is 0 Å². The molecule has 1 N–H and O–H groups in total. The zero-order valence-electron chi connectivity index (χ0n) is 11.9. The number of nitriles is 1. The number of ether oxygens (including phenoxy) is 1. The summed E-state index contributed by atoms with van der Waals surface area (Å²) in [4.78, 5) is 0. The van der Waals surface area contributed by atoms with Crippen molar-refractivity contribution in [3.8, 4) is 6.07 Å². The van der Waals surface area contributed by atoms with Gasteiger partial charge in [-0.2, -0.15) is 5.26 Å². The zero-order valence-corrected chi connectivity index (χ0v) is 11.9. The molecule has 0 saturated carbocycles. The molecule has 3 heteroatoms. The first-order valence-electron chi connectivity index (χ1n) is 6.92. The van der Waals surface area contributed by atoms with E-state index in [0.717, 1.165) is 18.5 Å². The minimum Gasteiger partial charge on any atom is -0.378 e. The van der Waals surface area contributed by atoms with Crippen LogP contribution in [-0.2, 0) is 4.74 Å². The average Bonchev–Trinajstić information content (AvgIpc) is 2.42. The lowest BCUT2D eigenvalue weighted by Gasteiger charge is -2.38. The van der Waals surface area contributed by atoms with Crippen molar-refractivity contribution in [1.29, 1.82) is 5.26 Å². The molecule has 0 radical (unpaired) electrons. The van der Waals surface area contributed by atoms with Gasteiger partial charge in [-0.05, 0) is 25.0 Å². The molecule has 2 atom stereocenters. The Balaban J connectivity index is 2.14. The standard InChI is InChI=1S/C16H22N2O/c1-12(2)15-10-16(11-17,8-9-19-15)18-14-6-4-13(3)5-7-14/h4-7,12,15,18H,8-10H2,1-3H3. The predicted octanol–water partition coefficient (Wildman–Crippen LogP) is 3.50. The Morgan fingerprint density at radius 3 is 2.63 bits per heavy atom. The fourth-order valence-corrected chi connectivity index (χ4v) is 2.47. The number of rotatable bonds is 3. The third-order valence-electron chi connectivity index (χ3n) is 3.80. The minimum absolute atomic E-state index is 0.159. The van der Waals surface area contributed by atoms with Gasteiger partial charge in [0.25, 0.3) is 0 Å². The van der Waals surface area contributed by atoms with Crippen molar-refractivity contribution in [1.82, 2.24) is 0 Å². The summed E-state index contributed by atoms with van der Waals surface area (Å²) in [7, 11) is 0. The summed E-state index contributed by atoms with van der Waals surface area (Å²) in [5.74, 6) is 0.438. The molecule has 0 amide bonds. The summed E-state index contributed by atoms with van der Waals surface area (Å²) in [6, 6.07) is 10.7. The predicted molar refractivity (Wildman–Crippen MR) is 77.0 cm³/mol. The Hall–Kier alpha value is -1.53. The van der Waals surface area contributed by atoms with E-state index < -0.39 is 5.54 Å². The Labute approximate surface area is 115 Å². The molecule has 102 valence electrons. The second-order valence-corrected chi connectivity index (χ2v) is 5.79. The Morgan fingerprint density at radius 1 is 1.37 bits per heavy atom. The van der Waals surface area contributed by atoms with Crippen molar-refractivity contribution in [2.75, 3.05) is 11.9 Å². The second kappa shape index (κ2) is 5.63. The highest BCUT2D eigenvalue weighted by Crippen LogP contribution is 2.31. The average molecular weight is 258 g/mol. The van der Waals surface area contributed by atoms with Crippen LogP contribution in [0.4, 0.5) is 5.69 Å². The minimum atomic E-state index is -0.498. The number of nitrogens with zero attached hydrogens (tertiary/aromatic N) is 1. The van der Waals surface area contributed by atoms with Crippen molar-refractivity contribution in [3.05, 3.63) is 29.8 Å². The topological polar surface area (TPSA) is 45.0 Å². The molecular formula is C16H22N2O. The van der Waals surface area contributed by atoms with Crippen LogP contribution in [0.2, 0.25) is 0 Å². The summed E-state index contributed by atoms with van der Waals surface area (Å²) < 4.78 is 5.76. The summed E-state index contributed by atoms with van der Waals surface area (Å²) in [6.45, 7) is 7.00. The maximum Gasteiger partial charge on any atom is 0.130 e. The van der Waals surface area contributed by atoms with Crippen LogP contribution in [0.15, 0.2) is 24.3 Å². The Bertz CT molecular complexity index is 461. The maximum absolute atomic E-state index is 9.59. The van der Waals surface area contributed by atoms with Crippen LogP contribution >= 0.6 is 0 Å². The number of nitrogens with one attached hydrogen (secondary N) is 1. The van der Waals surface area contributed by atoms with E-state index in [0.29, 0.717) is 12.5 Å². The molecule has 1 fully saturated rings. The fraction of sp³-hybridized carbons (Fsp3) is 0.562. The molecule has 2 rings (SSSR count). The van der Waals surface area contributed by atoms with Gasteiger partial charge in [-0.25, -0.2) is 0 Å². The van der Waals surface area contributed by atoms with E-state index in [9.17, 15) is 5.26 Å². The first kappa shape index (κ1) is 13.9. The monoisotopic (exact) mass is 258 g/mol. The van der Waals surface area contributed by atoms with E-state index in [-0.39, 0.29) is 6.10 Å². The fourth-order valence-electron chi connectivity index (χ4n) is 2.47. The molecule has 1 aliphatic heterocycles. The summed E-state index contributed by atoms with van der Waals surface area (Å²) in [5, 5.41) is 13.0. The number of hydrogen-bond donors (Lipinski definition) is 1. The van der Waals surface area contributed by atoms with E-state index in [2.05, 4.69) is 44.3 Å². The highest BCUT2D eigenvalue weighted by atomic mass is 16.5. The molecule has 2 unspecified atom stereocenters. The van der Waals surface area contributed by atoms with Gasteiger partial charge in [0.05, 0.1) is 18.8 Å². The lowest BCUT2D eigenvalue weighted by atomic mass is 9.84. The lowest BCUT2D eigenvalue weighted by Crippen LogP contribution is -2.47. The second-order valence-electron chi connectivity index (χ2n) is 5.79. The molecule has 0 spiro atoms. The Morgan fingerprint density at radius 2 is 2.05 bits per heavy atom. The first-order valence-corrected chi connectivity index (χ1v) is 6.92. The molecular weight excluding hydrogens is 236 g/mol. The molecule has 0 aromatic heterocycles. The lowest BCUT2D eigenvalue weighted by molar-refractivity contribution is -0.0272. The molecule has 1 aromatic rings. The van der Waals surface area contributed by atoms with E-state index in [1.54, 1.807) is 0 Å². The summed E-state index contributed by atoms with van der Waals surface area (Å²) in [6.07, 6.45) is 1.64. The van der Waals surface area contributed by atoms with Crippen LogP contribution in [0.25, 0.3) is 0 Å². The molecule has 1 saturated heterocycles. The maximum atomic E-state index is 9.59. The molecule has 3 nitrogen and oxygen atoms in total. The summed E-state index contributed by atoms with van der Waals surface area (Å²) in [5.41, 5.74) is 1.74. The van der Waals surface area contributed by atoms with Gasteiger partial charge in [-0.3, -0.25) is 0 Å². The number of anilines is 1. The van der Waals surface area contributed by atoms with Gasteiger partial charge < -0.3 is 10.1 Å². The third-order valence-corrected chi connectivity index (χ3v) is 3.80. The molecule has 1 heterocycles. The number of hydrogen-bond acceptors (Lipinski definition) is 3. The van der Waals surface area contributed by atoms with Crippen LogP contribution in [0.1, 0.15) is 32.3 Å². The van der Waals surface area contributed by atoms with Crippen molar-refractivity contribution in [2.45, 2.75) is 45.3 Å². The zero-order chi connectivity index (χ0) is 13.9. The molecule has 19 heavy (non-hydrogen) atoms. The van der Waals surface area contributed by atoms with E-state index in [4.69, 9.17) is 4.74 Å². The normalized spacial score (nSPS) is 27.0. The van der Waals surface area contributed by atoms with Gasteiger partial charge >= 0.3 is 0 Å². The van der Waals surface area contributed by atoms with Gasteiger partial charge in [0.1, 0.15) is 5.54 Å². The van der Waals surface area contributed by atoms with Crippen molar-refractivity contribution >= 4 is 5.69 Å². The third kappa shape index (κ3) is 3.27. The van der Waals surface area contributed by atoms with Crippen molar-refractivity contribution in [2.24, 2.45) is 5.92 Å². The van der Waals surface area contributed by atoms with Gasteiger partial charge in [0.15, 0.2) is 0 Å². The summed E-state index contributed by atoms with van der Waals surface area (Å²) >= 11 is 0. The van der Waals surface area contributed by atoms with Gasteiger partial charge in [0, 0.05) is 18.5 Å². The van der Waals surface area contributed by atoms with Gasteiger partial charge in [-0.1, -0.05) is 31.5 Å². The van der Waals surface area contributed by atoms with E-state index in [1.165, 1.54) is 5.56 Å². The van der Waals surface area contributed by atoms with E-state index in [1.807, 2.05) is 12.1 Å². The van der Waals surface area contributed by atoms with E-state index >= 15 is 0 Å². The van der Waals surface area contributed by atoms with Crippen molar-refractivity contribution < 1.29 is 4.74 Å². The SMILES string of the molecule is Cc1ccc(NC2(C#N)CCOC(C(C)C)C2)cc1. The van der Waals surface area contributed by atoms with Crippen LogP contribution in [0.5, 0.6) is 0 Å². The first-order chi connectivity index (χ1) is 9.04. The van der Waals surface area contributed by atoms with Crippen LogP contribution in [-0.4, -0.2) is 18.2 Å². The molecule has 0 bridgehead atoms. The van der Waals surface area contributed by atoms with Crippen LogP contribution in [0, 0.1) is 24.2 Å². The molecule has 1 aromatic carbocycles. The van der Waals surface area contributed by atoms with Crippen LogP contribution in [0.3, 0.4) is 0 Å². The van der Waals surface area contributed by atoms with Crippen LogP contribution < -0.4 is 5.32 Å². The molecule has 0 aliphatic carbocycles. The Kier molecular flexibility index (Phi) is 4.11. The quantitative estimate of drug-likeness (QED) is 0.902.